The summed E-state index contributed by atoms with van der Waals surface area (Å²) in [6.07, 6.45) is 0. The third-order valence-corrected chi connectivity index (χ3v) is 2.00. The van der Waals surface area contributed by atoms with E-state index in [1.54, 1.807) is 18.3 Å². The van der Waals surface area contributed by atoms with Gasteiger partial charge >= 0.3 is 0 Å². The van der Waals surface area contributed by atoms with Gasteiger partial charge in [-0.3, -0.25) is 0 Å². The minimum atomic E-state index is 0.670. The molecule has 0 aliphatic heterocycles. The fourth-order valence-electron chi connectivity index (χ4n) is 0.698. The lowest BCUT2D eigenvalue weighted by Crippen LogP contribution is -1.83. The van der Waals surface area contributed by atoms with E-state index in [1.165, 1.54) is 0 Å². The Bertz CT molecular complexity index is 259. The van der Waals surface area contributed by atoms with Crippen LogP contribution in [0.4, 0.5) is 0 Å². The highest BCUT2D eigenvalue weighted by Gasteiger charge is 1.99. The van der Waals surface area contributed by atoms with E-state index in [2.05, 4.69) is 13.2 Å². The van der Waals surface area contributed by atoms with E-state index in [0.717, 1.165) is 4.88 Å². The van der Waals surface area contributed by atoms with Crippen molar-refractivity contribution in [2.75, 3.05) is 0 Å². The van der Waals surface area contributed by atoms with Crippen LogP contribution in [0.3, 0.4) is 0 Å². The number of allylic oxidation sites excluding steroid dienone is 1. The number of rotatable bonds is 3. The largest absolute Gasteiger partial charge is 0.462 e. The maximum absolute atomic E-state index is 5.22. The van der Waals surface area contributed by atoms with Gasteiger partial charge in [-0.1, -0.05) is 19.2 Å². The van der Waals surface area contributed by atoms with E-state index in [4.69, 9.17) is 4.74 Å². The molecule has 1 rings (SSSR count). The molecule has 1 aromatic heterocycles. The molecule has 0 saturated heterocycles. The van der Waals surface area contributed by atoms with Gasteiger partial charge < -0.3 is 4.74 Å². The fraction of sp³-hybridized carbons (Fsp3) is 0.111. The Morgan fingerprint density at radius 3 is 2.73 bits per heavy atom. The summed E-state index contributed by atoms with van der Waals surface area (Å²) < 4.78 is 5.22. The molecule has 58 valence electrons. The average molecular weight is 166 g/mol. The zero-order valence-electron chi connectivity index (χ0n) is 6.46. The summed E-state index contributed by atoms with van der Waals surface area (Å²) in [6, 6.07) is 3.93. The van der Waals surface area contributed by atoms with Crippen LogP contribution >= 0.6 is 11.3 Å². The van der Waals surface area contributed by atoms with Crippen molar-refractivity contribution in [3.63, 3.8) is 0 Å². The summed E-state index contributed by atoms with van der Waals surface area (Å²) in [5.74, 6) is 1.34. The van der Waals surface area contributed by atoms with Crippen molar-refractivity contribution in [3.05, 3.63) is 41.3 Å². The Morgan fingerprint density at radius 1 is 1.55 bits per heavy atom. The molecule has 0 N–H and O–H groups in total. The fourth-order valence-corrected chi connectivity index (χ4v) is 1.33. The summed E-state index contributed by atoms with van der Waals surface area (Å²) in [6.45, 7) is 9.20. The molecule has 0 saturated carbocycles. The van der Waals surface area contributed by atoms with Crippen LogP contribution in [0.5, 0.6) is 0 Å². The van der Waals surface area contributed by atoms with Gasteiger partial charge in [0.05, 0.1) is 10.6 Å². The van der Waals surface area contributed by atoms with Crippen LogP contribution < -0.4 is 0 Å². The van der Waals surface area contributed by atoms with Crippen molar-refractivity contribution in [2.45, 2.75) is 6.92 Å². The Labute approximate surface area is 70.6 Å². The minimum absolute atomic E-state index is 0.670. The smallest absolute Gasteiger partial charge is 0.136 e. The highest BCUT2D eigenvalue weighted by molar-refractivity contribution is 7.11. The van der Waals surface area contributed by atoms with Gasteiger partial charge in [0, 0.05) is 0 Å². The quantitative estimate of drug-likeness (QED) is 0.626. The van der Waals surface area contributed by atoms with Gasteiger partial charge in [0.15, 0.2) is 0 Å². The molecule has 2 heteroatoms. The van der Waals surface area contributed by atoms with Crippen molar-refractivity contribution in [3.8, 4) is 0 Å². The van der Waals surface area contributed by atoms with E-state index < -0.39 is 0 Å². The molecule has 0 fully saturated rings. The maximum Gasteiger partial charge on any atom is 0.136 e. The number of hydrogen-bond acceptors (Lipinski definition) is 2. The first-order valence-electron chi connectivity index (χ1n) is 3.26. The second-order valence-corrected chi connectivity index (χ2v) is 3.15. The zero-order chi connectivity index (χ0) is 8.27. The Kier molecular flexibility index (Phi) is 2.49. The van der Waals surface area contributed by atoms with E-state index in [0.29, 0.717) is 11.5 Å². The number of hydrogen-bond donors (Lipinski definition) is 0. The van der Waals surface area contributed by atoms with Gasteiger partial charge in [0.2, 0.25) is 0 Å². The summed E-state index contributed by atoms with van der Waals surface area (Å²) in [4.78, 5) is 1.05. The van der Waals surface area contributed by atoms with Crippen LogP contribution in [0.15, 0.2) is 36.4 Å². The standard InChI is InChI=1S/C9H10OS/c1-7(2)10-8(3)9-5-4-6-11-9/h4-6H,1,3H2,2H3. The van der Waals surface area contributed by atoms with Gasteiger partial charge in [-0.2, -0.15) is 0 Å². The molecule has 0 aromatic carbocycles. The predicted octanol–water partition coefficient (Wildman–Crippen LogP) is 3.27. The topological polar surface area (TPSA) is 9.23 Å². The molecule has 0 radical (unpaired) electrons. The van der Waals surface area contributed by atoms with Crippen LogP contribution in [-0.4, -0.2) is 0 Å². The van der Waals surface area contributed by atoms with Crippen molar-refractivity contribution >= 4 is 17.1 Å². The van der Waals surface area contributed by atoms with Crippen molar-refractivity contribution in [1.82, 2.24) is 0 Å². The molecular weight excluding hydrogens is 156 g/mol. The lowest BCUT2D eigenvalue weighted by Gasteiger charge is -2.04. The van der Waals surface area contributed by atoms with Crippen LogP contribution in [0.25, 0.3) is 5.76 Å². The summed E-state index contributed by atoms with van der Waals surface area (Å²) >= 11 is 1.61. The van der Waals surface area contributed by atoms with Crippen molar-refractivity contribution in [1.29, 1.82) is 0 Å². The van der Waals surface area contributed by atoms with E-state index in [1.807, 2.05) is 17.5 Å². The first-order valence-corrected chi connectivity index (χ1v) is 4.14. The highest BCUT2D eigenvalue weighted by atomic mass is 32.1. The molecular formula is C9H10OS. The van der Waals surface area contributed by atoms with Gasteiger partial charge in [-0.05, 0) is 18.4 Å². The molecule has 1 nitrogen and oxygen atoms in total. The molecule has 0 bridgehead atoms. The van der Waals surface area contributed by atoms with Crippen molar-refractivity contribution < 1.29 is 4.74 Å². The second-order valence-electron chi connectivity index (χ2n) is 2.20. The lowest BCUT2D eigenvalue weighted by atomic mass is 10.4. The maximum atomic E-state index is 5.22. The third-order valence-electron chi connectivity index (χ3n) is 1.09. The molecule has 11 heavy (non-hydrogen) atoms. The number of thiophene rings is 1. The number of ether oxygens (including phenoxy) is 1. The third kappa shape index (κ3) is 2.24. The monoisotopic (exact) mass is 166 g/mol. The zero-order valence-corrected chi connectivity index (χ0v) is 7.28. The average Bonchev–Trinajstić information content (AvgIpc) is 2.35. The van der Waals surface area contributed by atoms with Gasteiger partial charge in [-0.15, -0.1) is 11.3 Å². The molecule has 0 aliphatic carbocycles. The molecule has 1 heterocycles. The first kappa shape index (κ1) is 8.08. The SMILES string of the molecule is C=C(C)OC(=C)c1cccs1. The van der Waals surface area contributed by atoms with Gasteiger partial charge in [0.25, 0.3) is 0 Å². The van der Waals surface area contributed by atoms with Crippen LogP contribution in [0.1, 0.15) is 11.8 Å². The summed E-state index contributed by atoms with van der Waals surface area (Å²) in [5, 5.41) is 1.99. The van der Waals surface area contributed by atoms with Crippen molar-refractivity contribution in [2.24, 2.45) is 0 Å². The second kappa shape index (κ2) is 3.39. The Hall–Kier alpha value is -1.02. The molecule has 0 spiro atoms. The molecule has 0 unspecified atom stereocenters. The molecule has 0 aliphatic rings. The van der Waals surface area contributed by atoms with Gasteiger partial charge in [-0.25, -0.2) is 0 Å². The van der Waals surface area contributed by atoms with Crippen LogP contribution in [0.2, 0.25) is 0 Å². The predicted molar refractivity (Wildman–Crippen MR) is 49.3 cm³/mol. The van der Waals surface area contributed by atoms with Crippen LogP contribution in [-0.2, 0) is 4.74 Å². The molecule has 0 amide bonds. The Balaban J connectivity index is 2.64. The summed E-state index contributed by atoms with van der Waals surface area (Å²) in [5.41, 5.74) is 0. The highest BCUT2D eigenvalue weighted by Crippen LogP contribution is 2.20. The van der Waals surface area contributed by atoms with Gasteiger partial charge in [0.1, 0.15) is 5.76 Å². The van der Waals surface area contributed by atoms with Crippen LogP contribution in [0, 0.1) is 0 Å². The minimum Gasteiger partial charge on any atom is -0.462 e. The normalized spacial score (nSPS) is 9.18. The molecule has 0 atom stereocenters. The first-order chi connectivity index (χ1) is 5.20. The summed E-state index contributed by atoms with van der Waals surface area (Å²) in [7, 11) is 0. The van der Waals surface area contributed by atoms with E-state index >= 15 is 0 Å². The van der Waals surface area contributed by atoms with E-state index in [9.17, 15) is 0 Å². The lowest BCUT2D eigenvalue weighted by molar-refractivity contribution is 0.390. The van der Waals surface area contributed by atoms with E-state index in [-0.39, 0.29) is 0 Å². The molecule has 1 aromatic rings. The Morgan fingerprint density at radius 2 is 2.27 bits per heavy atom.